The van der Waals surface area contributed by atoms with E-state index in [0.717, 1.165) is 17.5 Å². The lowest BCUT2D eigenvalue weighted by Gasteiger charge is -2.32. The van der Waals surface area contributed by atoms with Crippen molar-refractivity contribution >= 4 is 21.8 Å². The molecule has 0 fully saturated rings. The van der Waals surface area contributed by atoms with Crippen molar-refractivity contribution in [2.45, 2.75) is 76.9 Å². The zero-order chi connectivity index (χ0) is 26.0. The zero-order valence-electron chi connectivity index (χ0n) is 21.5. The van der Waals surface area contributed by atoms with Gasteiger partial charge in [0, 0.05) is 32.6 Å². The molecule has 192 valence electrons. The highest BCUT2D eigenvalue weighted by Gasteiger charge is 2.29. The van der Waals surface area contributed by atoms with Gasteiger partial charge in [0.2, 0.25) is 21.8 Å². The molecule has 0 aromatic heterocycles. The van der Waals surface area contributed by atoms with Gasteiger partial charge >= 0.3 is 0 Å². The Balaban J connectivity index is 2.14. The van der Waals surface area contributed by atoms with Crippen molar-refractivity contribution in [1.82, 2.24) is 14.5 Å². The number of nitrogens with one attached hydrogen (secondary N) is 1. The molecule has 0 aliphatic heterocycles. The summed E-state index contributed by atoms with van der Waals surface area (Å²) in [6, 6.07) is 15.6. The maximum absolute atomic E-state index is 13.4. The molecule has 2 rings (SSSR count). The third-order valence-corrected chi connectivity index (χ3v) is 8.01. The average molecular weight is 502 g/mol. The van der Waals surface area contributed by atoms with Crippen molar-refractivity contribution in [2.24, 2.45) is 0 Å². The third kappa shape index (κ3) is 8.18. The van der Waals surface area contributed by atoms with Gasteiger partial charge in [0.05, 0.1) is 4.90 Å². The summed E-state index contributed by atoms with van der Waals surface area (Å²) in [5.74, 6) is -0.324. The normalized spacial score (nSPS) is 13.3. The average Bonchev–Trinajstić information content (AvgIpc) is 2.84. The number of hydrogen-bond donors (Lipinski definition) is 1. The summed E-state index contributed by atoms with van der Waals surface area (Å²) < 4.78 is 26.8. The van der Waals surface area contributed by atoms with Gasteiger partial charge in [0.1, 0.15) is 6.04 Å². The Bertz CT molecular complexity index is 1070. The first-order valence-corrected chi connectivity index (χ1v) is 13.7. The quantitative estimate of drug-likeness (QED) is 0.447. The highest BCUT2D eigenvalue weighted by atomic mass is 32.2. The molecule has 0 aliphatic rings. The van der Waals surface area contributed by atoms with E-state index < -0.39 is 16.1 Å². The van der Waals surface area contributed by atoms with E-state index in [1.165, 1.54) is 11.4 Å². The van der Waals surface area contributed by atoms with Crippen LogP contribution in [-0.4, -0.2) is 55.1 Å². The van der Waals surface area contributed by atoms with Crippen LogP contribution in [0.25, 0.3) is 0 Å². The zero-order valence-corrected chi connectivity index (χ0v) is 22.3. The van der Waals surface area contributed by atoms with Crippen LogP contribution < -0.4 is 5.32 Å². The van der Waals surface area contributed by atoms with Crippen LogP contribution in [-0.2, 0) is 26.2 Å². The first-order valence-electron chi connectivity index (χ1n) is 12.3. The minimum atomic E-state index is -3.62. The molecule has 0 bridgehead atoms. The molecule has 7 nitrogen and oxygen atoms in total. The molecule has 0 unspecified atom stereocenters. The lowest BCUT2D eigenvalue weighted by Crippen LogP contribution is -2.50. The SMILES string of the molecule is CC[C@@H](C)NC(=O)[C@H](CC)N(Cc1cccc(C)c1)C(=O)CCCN(C)S(=O)(=O)c1ccccc1. The fourth-order valence-corrected chi connectivity index (χ4v) is 5.09. The Morgan fingerprint density at radius 2 is 1.69 bits per heavy atom. The largest absolute Gasteiger partial charge is 0.352 e. The van der Waals surface area contributed by atoms with Crippen molar-refractivity contribution in [3.8, 4) is 0 Å². The van der Waals surface area contributed by atoms with Crippen LogP contribution >= 0.6 is 0 Å². The number of sulfonamides is 1. The second kappa shape index (κ2) is 13.4. The molecule has 0 saturated heterocycles. The summed E-state index contributed by atoms with van der Waals surface area (Å²) in [7, 11) is -2.10. The summed E-state index contributed by atoms with van der Waals surface area (Å²) in [5, 5.41) is 3.01. The summed E-state index contributed by atoms with van der Waals surface area (Å²) >= 11 is 0. The molecule has 2 aromatic carbocycles. The number of benzene rings is 2. The monoisotopic (exact) mass is 501 g/mol. The number of rotatable bonds is 13. The van der Waals surface area contributed by atoms with Crippen LogP contribution in [0.4, 0.5) is 0 Å². The van der Waals surface area contributed by atoms with Crippen molar-refractivity contribution < 1.29 is 18.0 Å². The maximum atomic E-state index is 13.4. The molecular formula is C27H39N3O4S. The molecule has 2 atom stereocenters. The molecule has 35 heavy (non-hydrogen) atoms. The van der Waals surface area contributed by atoms with Gasteiger partial charge in [-0.3, -0.25) is 9.59 Å². The predicted octanol–water partition coefficient (Wildman–Crippen LogP) is 4.12. The van der Waals surface area contributed by atoms with Crippen molar-refractivity contribution in [2.75, 3.05) is 13.6 Å². The summed E-state index contributed by atoms with van der Waals surface area (Å²) in [6.45, 7) is 8.37. The molecule has 8 heteroatoms. The summed E-state index contributed by atoms with van der Waals surface area (Å²) in [5.41, 5.74) is 2.04. The maximum Gasteiger partial charge on any atom is 0.243 e. The number of amides is 2. The summed E-state index contributed by atoms with van der Waals surface area (Å²) in [4.78, 5) is 28.3. The van der Waals surface area contributed by atoms with Crippen molar-refractivity contribution in [3.05, 3.63) is 65.7 Å². The van der Waals surface area contributed by atoms with E-state index in [-0.39, 0.29) is 35.7 Å². The number of carbonyl (C=O) groups is 2. The van der Waals surface area contributed by atoms with Gasteiger partial charge in [0.25, 0.3) is 0 Å². The highest BCUT2D eigenvalue weighted by Crippen LogP contribution is 2.17. The lowest BCUT2D eigenvalue weighted by atomic mass is 10.1. The van der Waals surface area contributed by atoms with Crippen LogP contribution in [0.2, 0.25) is 0 Å². The Morgan fingerprint density at radius 1 is 1.00 bits per heavy atom. The number of aryl methyl sites for hydroxylation is 1. The second-order valence-electron chi connectivity index (χ2n) is 9.00. The van der Waals surface area contributed by atoms with Gasteiger partial charge in [-0.05, 0) is 50.8 Å². The van der Waals surface area contributed by atoms with E-state index in [4.69, 9.17) is 0 Å². The first-order chi connectivity index (χ1) is 16.6. The minimum absolute atomic E-state index is 0.0179. The van der Waals surface area contributed by atoms with Crippen LogP contribution in [0.5, 0.6) is 0 Å². The van der Waals surface area contributed by atoms with Gasteiger partial charge in [-0.25, -0.2) is 12.7 Å². The number of nitrogens with zero attached hydrogens (tertiary/aromatic N) is 2. The van der Waals surface area contributed by atoms with E-state index in [1.54, 1.807) is 35.2 Å². The number of carbonyl (C=O) groups excluding carboxylic acids is 2. The van der Waals surface area contributed by atoms with Crippen LogP contribution in [0, 0.1) is 6.92 Å². The van der Waals surface area contributed by atoms with Gasteiger partial charge in [-0.15, -0.1) is 0 Å². The summed E-state index contributed by atoms with van der Waals surface area (Å²) in [6.07, 6.45) is 1.79. The molecule has 2 amide bonds. The minimum Gasteiger partial charge on any atom is -0.352 e. The topological polar surface area (TPSA) is 86.8 Å². The second-order valence-corrected chi connectivity index (χ2v) is 11.0. The third-order valence-electron chi connectivity index (χ3n) is 6.14. The van der Waals surface area contributed by atoms with Gasteiger partial charge < -0.3 is 10.2 Å². The van der Waals surface area contributed by atoms with E-state index in [9.17, 15) is 18.0 Å². The molecule has 0 saturated carbocycles. The smallest absolute Gasteiger partial charge is 0.243 e. The van der Waals surface area contributed by atoms with Gasteiger partial charge in [-0.1, -0.05) is 61.9 Å². The molecular weight excluding hydrogens is 462 g/mol. The van der Waals surface area contributed by atoms with Crippen LogP contribution in [0.1, 0.15) is 57.6 Å². The fourth-order valence-electron chi connectivity index (χ4n) is 3.86. The Hall–Kier alpha value is -2.71. The Labute approximate surface area is 210 Å². The van der Waals surface area contributed by atoms with E-state index in [0.29, 0.717) is 19.4 Å². The molecule has 2 aromatic rings. The predicted molar refractivity (Wildman–Crippen MR) is 139 cm³/mol. The molecule has 1 N–H and O–H groups in total. The van der Waals surface area contributed by atoms with E-state index >= 15 is 0 Å². The van der Waals surface area contributed by atoms with Crippen LogP contribution in [0.3, 0.4) is 0 Å². The van der Waals surface area contributed by atoms with E-state index in [1.807, 2.05) is 52.0 Å². The molecule has 0 spiro atoms. The van der Waals surface area contributed by atoms with Crippen molar-refractivity contribution in [3.63, 3.8) is 0 Å². The number of hydrogen-bond acceptors (Lipinski definition) is 4. The standard InChI is InChI=1S/C27H39N3O4S/c1-6-22(4)28-27(32)25(7-2)30(20-23-14-11-13-21(3)19-23)26(31)17-12-18-29(5)35(33,34)24-15-9-8-10-16-24/h8-11,13-16,19,22,25H,6-7,12,17-18,20H2,1-5H3,(H,28,32)/t22-,25+/m1/s1. The Kier molecular flexibility index (Phi) is 10.9. The molecule has 0 radical (unpaired) electrons. The highest BCUT2D eigenvalue weighted by molar-refractivity contribution is 7.89. The van der Waals surface area contributed by atoms with Gasteiger partial charge in [0.15, 0.2) is 0 Å². The van der Waals surface area contributed by atoms with Crippen LogP contribution in [0.15, 0.2) is 59.5 Å². The lowest BCUT2D eigenvalue weighted by molar-refractivity contribution is -0.141. The van der Waals surface area contributed by atoms with Crippen molar-refractivity contribution in [1.29, 1.82) is 0 Å². The van der Waals surface area contributed by atoms with Gasteiger partial charge in [-0.2, -0.15) is 0 Å². The van der Waals surface area contributed by atoms with E-state index in [2.05, 4.69) is 5.32 Å². The molecule has 0 aliphatic carbocycles. The Morgan fingerprint density at radius 3 is 2.29 bits per heavy atom. The first kappa shape index (κ1) is 28.5. The molecule has 0 heterocycles. The fraction of sp³-hybridized carbons (Fsp3) is 0.481.